The summed E-state index contributed by atoms with van der Waals surface area (Å²) in [6, 6.07) is 3.93. The maximum Gasteiger partial charge on any atom is 0.269 e. The Labute approximate surface area is 185 Å². The zero-order valence-electron chi connectivity index (χ0n) is 17.6. The van der Waals surface area contributed by atoms with Crippen LogP contribution >= 0.6 is 11.6 Å². The van der Waals surface area contributed by atoms with E-state index in [-0.39, 0.29) is 17.9 Å². The second kappa shape index (κ2) is 8.55. The SMILES string of the molecule is C=CC(=O)N1CC(NC(=O)c2cnc(CCc3[nH]nc4cc(Cl)c(CC)cc34)n2C)C1. The summed E-state index contributed by atoms with van der Waals surface area (Å²) in [6.45, 7) is 6.55. The molecule has 0 spiro atoms. The fourth-order valence-corrected chi connectivity index (χ4v) is 4.15. The molecule has 1 aliphatic rings. The molecule has 0 bridgehead atoms. The molecular weight excluding hydrogens is 416 g/mol. The Bertz CT molecular complexity index is 1160. The first kappa shape index (κ1) is 21.1. The number of aromatic amines is 1. The highest BCUT2D eigenvalue weighted by molar-refractivity contribution is 6.32. The number of rotatable bonds is 7. The lowest BCUT2D eigenvalue weighted by molar-refractivity contribution is -0.130. The van der Waals surface area contributed by atoms with Gasteiger partial charge in [0.15, 0.2) is 0 Å². The summed E-state index contributed by atoms with van der Waals surface area (Å²) in [5.74, 6) is 0.508. The summed E-state index contributed by atoms with van der Waals surface area (Å²) in [4.78, 5) is 30.2. The Morgan fingerprint density at radius 2 is 2.13 bits per heavy atom. The van der Waals surface area contributed by atoms with Crippen molar-refractivity contribution in [2.45, 2.75) is 32.2 Å². The van der Waals surface area contributed by atoms with Crippen molar-refractivity contribution >= 4 is 34.3 Å². The summed E-state index contributed by atoms with van der Waals surface area (Å²) in [5.41, 5.74) is 3.47. The van der Waals surface area contributed by atoms with Crippen molar-refractivity contribution in [2.75, 3.05) is 13.1 Å². The van der Waals surface area contributed by atoms with Gasteiger partial charge in [-0.05, 0) is 36.6 Å². The molecule has 2 aromatic heterocycles. The minimum Gasteiger partial charge on any atom is -0.344 e. The van der Waals surface area contributed by atoms with Crippen molar-refractivity contribution in [1.29, 1.82) is 0 Å². The van der Waals surface area contributed by atoms with Crippen LogP contribution in [0.15, 0.2) is 31.0 Å². The van der Waals surface area contributed by atoms with Crippen LogP contribution in [-0.2, 0) is 31.1 Å². The van der Waals surface area contributed by atoms with Crippen molar-refractivity contribution in [1.82, 2.24) is 30.0 Å². The second-order valence-electron chi connectivity index (χ2n) is 7.75. The number of H-pyrrole nitrogens is 1. The molecule has 3 heterocycles. The van der Waals surface area contributed by atoms with E-state index in [0.29, 0.717) is 31.6 Å². The standard InChI is InChI=1S/C22H25ClN6O2/c1-4-13-8-15-17(26-27-18(15)9-16(13)23)6-7-20-24-10-19(28(20)3)22(31)25-14-11-29(12-14)21(30)5-2/h5,8-10,14H,2,4,6-7,11-12H2,1,3H3,(H,25,31)(H,26,27). The van der Waals surface area contributed by atoms with E-state index in [1.807, 2.05) is 17.7 Å². The number of halogens is 1. The average Bonchev–Trinajstić information content (AvgIpc) is 3.30. The van der Waals surface area contributed by atoms with Gasteiger partial charge in [0.05, 0.1) is 17.8 Å². The lowest BCUT2D eigenvalue weighted by Crippen LogP contribution is -2.60. The average molecular weight is 441 g/mol. The fourth-order valence-electron chi connectivity index (χ4n) is 3.86. The normalized spacial score (nSPS) is 14.0. The summed E-state index contributed by atoms with van der Waals surface area (Å²) in [5, 5.41) is 12.2. The number of carbonyl (C=O) groups excluding carboxylic acids is 2. The highest BCUT2D eigenvalue weighted by Crippen LogP contribution is 2.26. The molecule has 2 amide bonds. The molecule has 1 fully saturated rings. The van der Waals surface area contributed by atoms with Gasteiger partial charge in [0, 0.05) is 42.7 Å². The molecule has 0 radical (unpaired) electrons. The first-order chi connectivity index (χ1) is 14.9. The molecular formula is C22H25ClN6O2. The van der Waals surface area contributed by atoms with Crippen LogP contribution in [0.3, 0.4) is 0 Å². The third-order valence-corrected chi connectivity index (χ3v) is 6.15. The van der Waals surface area contributed by atoms with Gasteiger partial charge in [0.25, 0.3) is 5.91 Å². The quantitative estimate of drug-likeness (QED) is 0.551. The number of imidazole rings is 1. The molecule has 31 heavy (non-hydrogen) atoms. The van der Waals surface area contributed by atoms with E-state index in [4.69, 9.17) is 11.6 Å². The van der Waals surface area contributed by atoms with Crippen molar-refractivity contribution in [3.63, 3.8) is 0 Å². The second-order valence-corrected chi connectivity index (χ2v) is 8.16. The number of hydrogen-bond acceptors (Lipinski definition) is 4. The highest BCUT2D eigenvalue weighted by atomic mass is 35.5. The molecule has 1 aromatic carbocycles. The topological polar surface area (TPSA) is 95.9 Å². The lowest BCUT2D eigenvalue weighted by Gasteiger charge is -2.38. The zero-order valence-corrected chi connectivity index (χ0v) is 18.4. The molecule has 0 saturated carbocycles. The van der Waals surface area contributed by atoms with Crippen molar-refractivity contribution in [2.24, 2.45) is 7.05 Å². The molecule has 0 aliphatic carbocycles. The van der Waals surface area contributed by atoms with Gasteiger partial charge >= 0.3 is 0 Å². The number of nitrogens with one attached hydrogen (secondary N) is 2. The molecule has 9 heteroatoms. The maximum atomic E-state index is 12.6. The van der Waals surface area contributed by atoms with Gasteiger partial charge in [0.2, 0.25) is 5.91 Å². The first-order valence-electron chi connectivity index (χ1n) is 10.3. The Hall–Kier alpha value is -3.13. The van der Waals surface area contributed by atoms with Crippen LogP contribution in [0.4, 0.5) is 0 Å². The maximum absolute atomic E-state index is 12.6. The van der Waals surface area contributed by atoms with Gasteiger partial charge in [-0.2, -0.15) is 5.10 Å². The largest absolute Gasteiger partial charge is 0.344 e. The Kier molecular flexibility index (Phi) is 5.82. The van der Waals surface area contributed by atoms with Gasteiger partial charge in [-0.15, -0.1) is 0 Å². The van der Waals surface area contributed by atoms with Crippen molar-refractivity contribution < 1.29 is 9.59 Å². The van der Waals surface area contributed by atoms with Gasteiger partial charge in [-0.3, -0.25) is 14.7 Å². The number of carbonyl (C=O) groups is 2. The molecule has 3 aromatic rings. The van der Waals surface area contributed by atoms with E-state index in [1.165, 1.54) is 6.08 Å². The Morgan fingerprint density at radius 1 is 1.35 bits per heavy atom. The Morgan fingerprint density at radius 3 is 2.84 bits per heavy atom. The number of aromatic nitrogens is 4. The van der Waals surface area contributed by atoms with Crippen LogP contribution in [0, 0.1) is 0 Å². The van der Waals surface area contributed by atoms with Gasteiger partial charge in [-0.25, -0.2) is 4.98 Å². The summed E-state index contributed by atoms with van der Waals surface area (Å²) in [6.07, 6.45) is 5.12. The number of amides is 2. The van der Waals surface area contributed by atoms with Crippen LogP contribution in [-0.4, -0.2) is 55.6 Å². The number of likely N-dealkylation sites (tertiary alicyclic amines) is 1. The fraction of sp³-hybridized carbons (Fsp3) is 0.364. The van der Waals surface area contributed by atoms with Crippen molar-refractivity contribution in [3.8, 4) is 0 Å². The number of hydrogen-bond donors (Lipinski definition) is 2. The minimum absolute atomic E-state index is 0.0503. The number of aryl methyl sites for hydroxylation is 3. The van der Waals surface area contributed by atoms with E-state index in [1.54, 1.807) is 11.1 Å². The van der Waals surface area contributed by atoms with Gasteiger partial charge in [-0.1, -0.05) is 25.1 Å². The van der Waals surface area contributed by atoms with Crippen LogP contribution in [0.25, 0.3) is 10.9 Å². The molecule has 0 atom stereocenters. The third kappa shape index (κ3) is 4.07. The molecule has 1 saturated heterocycles. The summed E-state index contributed by atoms with van der Waals surface area (Å²) in [7, 11) is 1.84. The van der Waals surface area contributed by atoms with Crippen LogP contribution in [0.5, 0.6) is 0 Å². The highest BCUT2D eigenvalue weighted by Gasteiger charge is 2.31. The van der Waals surface area contributed by atoms with E-state index < -0.39 is 0 Å². The molecule has 1 aliphatic heterocycles. The lowest BCUT2D eigenvalue weighted by atomic mass is 10.1. The molecule has 8 nitrogen and oxygen atoms in total. The van der Waals surface area contributed by atoms with E-state index >= 15 is 0 Å². The Balaban J connectivity index is 1.40. The summed E-state index contributed by atoms with van der Waals surface area (Å²) >= 11 is 6.29. The first-order valence-corrected chi connectivity index (χ1v) is 10.7. The van der Waals surface area contributed by atoms with E-state index in [2.05, 4.69) is 40.1 Å². The smallest absolute Gasteiger partial charge is 0.269 e. The molecule has 162 valence electrons. The van der Waals surface area contributed by atoms with Crippen LogP contribution < -0.4 is 5.32 Å². The van der Waals surface area contributed by atoms with Gasteiger partial charge < -0.3 is 14.8 Å². The molecule has 2 N–H and O–H groups in total. The zero-order chi connectivity index (χ0) is 22.1. The molecule has 4 rings (SSSR count). The van der Waals surface area contributed by atoms with E-state index in [9.17, 15) is 9.59 Å². The number of benzene rings is 1. The number of fused-ring (bicyclic) bond motifs is 1. The predicted octanol–water partition coefficient (Wildman–Crippen LogP) is 2.42. The van der Waals surface area contributed by atoms with Crippen LogP contribution in [0.1, 0.15) is 34.5 Å². The molecule has 0 unspecified atom stereocenters. The van der Waals surface area contributed by atoms with Crippen molar-refractivity contribution in [3.05, 3.63) is 58.8 Å². The van der Waals surface area contributed by atoms with Crippen LogP contribution in [0.2, 0.25) is 5.02 Å². The third-order valence-electron chi connectivity index (χ3n) is 5.80. The monoisotopic (exact) mass is 440 g/mol. The van der Waals surface area contributed by atoms with Gasteiger partial charge in [0.1, 0.15) is 11.5 Å². The number of nitrogens with zero attached hydrogens (tertiary/aromatic N) is 4. The minimum atomic E-state index is -0.189. The van der Waals surface area contributed by atoms with E-state index in [0.717, 1.165) is 39.4 Å². The summed E-state index contributed by atoms with van der Waals surface area (Å²) < 4.78 is 1.81. The predicted molar refractivity (Wildman–Crippen MR) is 119 cm³/mol.